The molecule has 1 aromatic carbocycles. The van der Waals surface area contributed by atoms with Gasteiger partial charge < -0.3 is 5.32 Å². The van der Waals surface area contributed by atoms with Gasteiger partial charge in [-0.2, -0.15) is 0 Å². The highest BCUT2D eigenvalue weighted by Gasteiger charge is 2.19. The summed E-state index contributed by atoms with van der Waals surface area (Å²) in [7, 11) is 0. The second kappa shape index (κ2) is 6.19. The Kier molecular flexibility index (Phi) is 4.22. The number of hydrogen-bond donors (Lipinski definition) is 1. The number of benzene rings is 1. The molecule has 0 saturated heterocycles. The Morgan fingerprint density at radius 1 is 1.00 bits per heavy atom. The first-order valence-electron chi connectivity index (χ1n) is 8.27. The van der Waals surface area contributed by atoms with Gasteiger partial charge in [-0.3, -0.25) is 0 Å². The monoisotopic (exact) mass is 324 g/mol. The molecule has 1 unspecified atom stereocenters. The van der Waals surface area contributed by atoms with Crippen LogP contribution >= 0.6 is 0 Å². The number of anilines is 1. The van der Waals surface area contributed by atoms with Gasteiger partial charge in [0.15, 0.2) is 5.65 Å². The summed E-state index contributed by atoms with van der Waals surface area (Å²) in [5.74, 6) is 1.17. The zero-order valence-electron chi connectivity index (χ0n) is 14.9. The molecule has 0 radical (unpaired) electrons. The van der Waals surface area contributed by atoms with Crippen LogP contribution in [0.25, 0.3) is 5.65 Å². The molecule has 0 bridgehead atoms. The molecule has 24 heavy (non-hydrogen) atoms. The Morgan fingerprint density at radius 3 is 2.33 bits per heavy atom. The van der Waals surface area contributed by atoms with Crippen molar-refractivity contribution in [2.45, 2.75) is 46.1 Å². The van der Waals surface area contributed by atoms with Crippen molar-refractivity contribution in [2.75, 3.05) is 5.32 Å². The molecule has 6 heteroatoms. The van der Waals surface area contributed by atoms with Crippen LogP contribution in [0, 0.1) is 5.92 Å². The van der Waals surface area contributed by atoms with Gasteiger partial charge in [0.1, 0.15) is 5.82 Å². The van der Waals surface area contributed by atoms with Crippen LogP contribution in [0.3, 0.4) is 0 Å². The van der Waals surface area contributed by atoms with E-state index in [9.17, 15) is 0 Å². The van der Waals surface area contributed by atoms with Gasteiger partial charge in [0.25, 0.3) is 0 Å². The first kappa shape index (κ1) is 16.4. The van der Waals surface area contributed by atoms with Crippen molar-refractivity contribution in [1.82, 2.24) is 25.3 Å². The molecule has 1 atom stereocenters. The van der Waals surface area contributed by atoms with Crippen molar-refractivity contribution in [3.63, 3.8) is 0 Å². The molecule has 6 nitrogen and oxygen atoms in total. The minimum atomic E-state index is 0.159. The van der Waals surface area contributed by atoms with E-state index >= 15 is 0 Å². The predicted molar refractivity (Wildman–Crippen MR) is 94.9 cm³/mol. The molecule has 3 rings (SSSR count). The van der Waals surface area contributed by atoms with Crippen molar-refractivity contribution in [2.24, 2.45) is 5.92 Å². The summed E-state index contributed by atoms with van der Waals surface area (Å²) in [5.41, 5.74) is 3.38. The molecule has 0 saturated carbocycles. The third-order valence-corrected chi connectivity index (χ3v) is 4.18. The first-order chi connectivity index (χ1) is 11.3. The molecule has 3 aromatic rings. The van der Waals surface area contributed by atoms with Crippen molar-refractivity contribution in [1.29, 1.82) is 0 Å². The molecule has 0 aliphatic carbocycles. The summed E-state index contributed by atoms with van der Waals surface area (Å²) in [4.78, 5) is 0. The average molecular weight is 324 g/mol. The molecule has 0 aliphatic rings. The molecule has 2 aromatic heterocycles. The Morgan fingerprint density at radius 2 is 1.71 bits per heavy atom. The largest absolute Gasteiger partial charge is 0.362 e. The van der Waals surface area contributed by atoms with Gasteiger partial charge in [0.2, 0.25) is 0 Å². The highest BCUT2D eigenvalue weighted by Crippen LogP contribution is 2.28. The van der Waals surface area contributed by atoms with Gasteiger partial charge in [-0.1, -0.05) is 58.9 Å². The van der Waals surface area contributed by atoms with Crippen molar-refractivity contribution < 1.29 is 0 Å². The molecule has 1 N–H and O–H groups in total. The number of aromatic nitrogens is 5. The van der Waals surface area contributed by atoms with Crippen molar-refractivity contribution >= 4 is 11.5 Å². The minimum absolute atomic E-state index is 0.159. The highest BCUT2D eigenvalue weighted by molar-refractivity contribution is 5.44. The first-order valence-corrected chi connectivity index (χ1v) is 8.27. The van der Waals surface area contributed by atoms with E-state index in [1.807, 2.05) is 12.1 Å². The normalized spacial score (nSPS) is 13.4. The number of rotatable bonds is 4. The van der Waals surface area contributed by atoms with Gasteiger partial charge in [0, 0.05) is 0 Å². The quantitative estimate of drug-likeness (QED) is 0.794. The topological polar surface area (TPSA) is 68.0 Å². The maximum absolute atomic E-state index is 4.41. The Balaban J connectivity index is 1.86. The van der Waals surface area contributed by atoms with Crippen LogP contribution in [-0.2, 0) is 5.41 Å². The zero-order valence-corrected chi connectivity index (χ0v) is 14.9. The maximum Gasteiger partial charge on any atom is 0.200 e. The van der Waals surface area contributed by atoms with Crippen LogP contribution in [0.2, 0.25) is 0 Å². The third-order valence-electron chi connectivity index (χ3n) is 4.18. The fraction of sp³-hybridized carbons (Fsp3) is 0.444. The summed E-state index contributed by atoms with van der Waals surface area (Å²) in [5, 5.41) is 19.3. The van der Waals surface area contributed by atoms with Crippen LogP contribution in [0.5, 0.6) is 0 Å². The van der Waals surface area contributed by atoms with E-state index in [1.165, 1.54) is 15.8 Å². The van der Waals surface area contributed by atoms with Crippen LogP contribution in [0.15, 0.2) is 36.4 Å². The Bertz CT molecular complexity index is 813. The second-order valence-corrected chi connectivity index (χ2v) is 7.48. The van der Waals surface area contributed by atoms with Gasteiger partial charge >= 0.3 is 0 Å². The van der Waals surface area contributed by atoms with Gasteiger partial charge in [-0.05, 0) is 45.0 Å². The van der Waals surface area contributed by atoms with Crippen LogP contribution < -0.4 is 5.32 Å². The third kappa shape index (κ3) is 3.37. The summed E-state index contributed by atoms with van der Waals surface area (Å²) in [6.07, 6.45) is 0. The van der Waals surface area contributed by atoms with E-state index in [-0.39, 0.29) is 11.5 Å². The lowest BCUT2D eigenvalue weighted by molar-refractivity contribution is 0.541. The minimum Gasteiger partial charge on any atom is -0.362 e. The number of nitrogens with one attached hydrogen (secondary N) is 1. The van der Waals surface area contributed by atoms with E-state index in [1.54, 1.807) is 0 Å². The predicted octanol–water partition coefficient (Wildman–Crippen LogP) is 3.63. The van der Waals surface area contributed by atoms with E-state index in [0.29, 0.717) is 11.6 Å². The Labute approximate surface area is 142 Å². The molecular weight excluding hydrogens is 300 g/mol. The van der Waals surface area contributed by atoms with E-state index in [0.717, 1.165) is 5.82 Å². The summed E-state index contributed by atoms with van der Waals surface area (Å²) in [6.45, 7) is 11.1. The Hall–Kier alpha value is -2.50. The van der Waals surface area contributed by atoms with Crippen LogP contribution in [0.1, 0.15) is 51.8 Å². The van der Waals surface area contributed by atoms with Gasteiger partial charge in [-0.15, -0.1) is 14.8 Å². The number of fused-ring (bicyclic) bond motifs is 1. The standard InChI is InChI=1S/C18H24N6/c1-12(2)17(13-6-8-14(9-7-13)18(3,4)5)19-15-10-11-16-20-22-23-24(16)21-15/h6-12,17H,1-5H3,(H,19,21). The number of tetrazole rings is 1. The number of hydrogen-bond acceptors (Lipinski definition) is 5. The molecule has 0 aliphatic heterocycles. The molecule has 0 fully saturated rings. The smallest absolute Gasteiger partial charge is 0.200 e. The van der Waals surface area contributed by atoms with Crippen molar-refractivity contribution in [3.8, 4) is 0 Å². The van der Waals surface area contributed by atoms with E-state index in [4.69, 9.17) is 0 Å². The molecule has 0 amide bonds. The maximum atomic E-state index is 4.41. The highest BCUT2D eigenvalue weighted by atomic mass is 15.6. The number of nitrogens with zero attached hydrogens (tertiary/aromatic N) is 5. The van der Waals surface area contributed by atoms with Crippen LogP contribution in [-0.4, -0.2) is 25.3 Å². The van der Waals surface area contributed by atoms with E-state index in [2.05, 4.69) is 84.8 Å². The summed E-state index contributed by atoms with van der Waals surface area (Å²) < 4.78 is 1.43. The SMILES string of the molecule is CC(C)C(Nc1ccc2nnnn2n1)c1ccc(C(C)(C)C)cc1. The lowest BCUT2D eigenvalue weighted by Gasteiger charge is -2.25. The van der Waals surface area contributed by atoms with Gasteiger partial charge in [0.05, 0.1) is 6.04 Å². The van der Waals surface area contributed by atoms with Crippen LogP contribution in [0.4, 0.5) is 5.82 Å². The molecule has 126 valence electrons. The van der Waals surface area contributed by atoms with E-state index < -0.39 is 0 Å². The second-order valence-electron chi connectivity index (χ2n) is 7.48. The average Bonchev–Trinajstić information content (AvgIpc) is 2.99. The summed E-state index contributed by atoms with van der Waals surface area (Å²) in [6, 6.07) is 12.8. The summed E-state index contributed by atoms with van der Waals surface area (Å²) >= 11 is 0. The fourth-order valence-electron chi connectivity index (χ4n) is 2.71. The molecule has 2 heterocycles. The molecule has 0 spiro atoms. The lowest BCUT2D eigenvalue weighted by atomic mass is 9.85. The fourth-order valence-corrected chi connectivity index (χ4v) is 2.71. The van der Waals surface area contributed by atoms with Crippen molar-refractivity contribution in [3.05, 3.63) is 47.5 Å². The zero-order chi connectivity index (χ0) is 17.3. The van der Waals surface area contributed by atoms with Gasteiger partial charge in [-0.25, -0.2) is 0 Å². The molecular formula is C18H24N6. The lowest BCUT2D eigenvalue weighted by Crippen LogP contribution is -2.19.